The summed E-state index contributed by atoms with van der Waals surface area (Å²) in [7, 11) is 5.33. The van der Waals surface area contributed by atoms with Crippen LogP contribution < -0.4 is 10.2 Å². The number of anilines is 2. The van der Waals surface area contributed by atoms with Crippen molar-refractivity contribution in [3.05, 3.63) is 53.9 Å². The lowest BCUT2D eigenvalue weighted by molar-refractivity contribution is 0.0992. The van der Waals surface area contributed by atoms with Crippen LogP contribution in [0.15, 0.2) is 47.0 Å². The number of nitrogens with zero attached hydrogens (tertiary/aromatic N) is 2. The zero-order valence-electron chi connectivity index (χ0n) is 13.9. The highest BCUT2D eigenvalue weighted by Crippen LogP contribution is 2.28. The molecule has 1 aromatic carbocycles. The van der Waals surface area contributed by atoms with Gasteiger partial charge in [0.05, 0.1) is 12.3 Å². The van der Waals surface area contributed by atoms with Crippen molar-refractivity contribution in [1.29, 1.82) is 0 Å². The molecule has 0 fully saturated rings. The van der Waals surface area contributed by atoms with Crippen LogP contribution in [0.1, 0.15) is 16.1 Å². The largest absolute Gasteiger partial charge is 0.451 e. The summed E-state index contributed by atoms with van der Waals surface area (Å²) in [5.74, 6) is 0.608. The Kier molecular flexibility index (Phi) is 4.48. The van der Waals surface area contributed by atoms with E-state index in [0.717, 1.165) is 10.9 Å². The predicted molar refractivity (Wildman–Crippen MR) is 93.4 cm³/mol. The molecule has 2 aromatic heterocycles. The van der Waals surface area contributed by atoms with Crippen molar-refractivity contribution in [2.75, 3.05) is 31.4 Å². The van der Waals surface area contributed by atoms with Gasteiger partial charge in [0.1, 0.15) is 5.58 Å². The quantitative estimate of drug-likeness (QED) is 0.779. The van der Waals surface area contributed by atoms with Crippen LogP contribution in [0.4, 0.5) is 11.5 Å². The third-order valence-electron chi connectivity index (χ3n) is 3.65. The summed E-state index contributed by atoms with van der Waals surface area (Å²) in [6, 6.07) is 11.1. The standard InChI is InChI=1S/C18H19N3O3/c1-21(2)17-14(8-6-10-19-17)20-18(22)16-13(11-23-3)12-7-4-5-9-15(12)24-16/h4-10H,11H2,1-3H3,(H,20,22). The second-order valence-electron chi connectivity index (χ2n) is 5.56. The number of furan rings is 1. The van der Waals surface area contributed by atoms with E-state index in [4.69, 9.17) is 9.15 Å². The van der Waals surface area contributed by atoms with Crippen LogP contribution in [0.2, 0.25) is 0 Å². The van der Waals surface area contributed by atoms with Crippen molar-refractivity contribution in [2.45, 2.75) is 6.61 Å². The number of carbonyl (C=O) groups excluding carboxylic acids is 1. The molecular formula is C18H19N3O3. The van der Waals surface area contributed by atoms with Crippen LogP contribution in [-0.4, -0.2) is 32.1 Å². The monoisotopic (exact) mass is 325 g/mol. The molecule has 0 aliphatic carbocycles. The molecular weight excluding hydrogens is 306 g/mol. The molecule has 24 heavy (non-hydrogen) atoms. The molecule has 3 aromatic rings. The number of hydrogen-bond acceptors (Lipinski definition) is 5. The van der Waals surface area contributed by atoms with Gasteiger partial charge in [-0.3, -0.25) is 4.79 Å². The number of benzene rings is 1. The Bertz CT molecular complexity index is 871. The van der Waals surface area contributed by atoms with E-state index in [0.29, 0.717) is 23.7 Å². The third kappa shape index (κ3) is 2.96. The molecule has 0 saturated carbocycles. The van der Waals surface area contributed by atoms with E-state index in [1.54, 1.807) is 25.4 Å². The third-order valence-corrected chi connectivity index (χ3v) is 3.65. The molecule has 0 aliphatic heterocycles. The Balaban J connectivity index is 1.99. The number of ether oxygens (including phenoxy) is 1. The molecule has 0 aliphatic rings. The molecule has 6 heteroatoms. The molecule has 0 unspecified atom stereocenters. The first kappa shape index (κ1) is 16.0. The van der Waals surface area contributed by atoms with Crippen LogP contribution in [0.5, 0.6) is 0 Å². The van der Waals surface area contributed by atoms with Crippen LogP contribution >= 0.6 is 0 Å². The van der Waals surface area contributed by atoms with Gasteiger partial charge in [0.25, 0.3) is 5.91 Å². The van der Waals surface area contributed by atoms with Gasteiger partial charge in [-0.2, -0.15) is 0 Å². The van der Waals surface area contributed by atoms with Crippen molar-refractivity contribution in [3.63, 3.8) is 0 Å². The van der Waals surface area contributed by atoms with Gasteiger partial charge in [0, 0.05) is 38.4 Å². The van der Waals surface area contributed by atoms with Crippen molar-refractivity contribution in [1.82, 2.24) is 4.98 Å². The van der Waals surface area contributed by atoms with Crippen LogP contribution in [-0.2, 0) is 11.3 Å². The Labute approximate surface area is 140 Å². The van der Waals surface area contributed by atoms with E-state index >= 15 is 0 Å². The number of rotatable bonds is 5. The fourth-order valence-electron chi connectivity index (χ4n) is 2.60. The lowest BCUT2D eigenvalue weighted by Crippen LogP contribution is -2.18. The number of aromatic nitrogens is 1. The molecule has 3 rings (SSSR count). The van der Waals surface area contributed by atoms with E-state index in [9.17, 15) is 4.79 Å². The number of carbonyl (C=O) groups is 1. The number of amides is 1. The average molecular weight is 325 g/mol. The van der Waals surface area contributed by atoms with Gasteiger partial charge in [0.2, 0.25) is 0 Å². The fraction of sp³-hybridized carbons (Fsp3) is 0.222. The fourth-order valence-corrected chi connectivity index (χ4v) is 2.60. The van der Waals surface area contributed by atoms with Crippen LogP contribution in [0.3, 0.4) is 0 Å². The van der Waals surface area contributed by atoms with Crippen molar-refractivity contribution >= 4 is 28.4 Å². The number of nitrogens with one attached hydrogen (secondary N) is 1. The molecule has 6 nitrogen and oxygen atoms in total. The number of para-hydroxylation sites is 1. The lowest BCUT2D eigenvalue weighted by atomic mass is 10.1. The lowest BCUT2D eigenvalue weighted by Gasteiger charge is -2.16. The highest BCUT2D eigenvalue weighted by Gasteiger charge is 2.21. The second kappa shape index (κ2) is 6.72. The molecule has 0 radical (unpaired) electrons. The van der Waals surface area contributed by atoms with Crippen molar-refractivity contribution in [3.8, 4) is 0 Å². The molecule has 0 atom stereocenters. The molecule has 2 heterocycles. The van der Waals surface area contributed by atoms with E-state index in [2.05, 4.69) is 10.3 Å². The Morgan fingerprint density at radius 3 is 2.79 bits per heavy atom. The molecule has 1 amide bonds. The minimum absolute atomic E-state index is 0.256. The normalized spacial score (nSPS) is 10.8. The summed E-state index contributed by atoms with van der Waals surface area (Å²) < 4.78 is 11.0. The first-order chi connectivity index (χ1) is 11.6. The maximum absolute atomic E-state index is 12.7. The summed E-state index contributed by atoms with van der Waals surface area (Å²) in [6.07, 6.45) is 1.68. The van der Waals surface area contributed by atoms with E-state index < -0.39 is 0 Å². The number of hydrogen-bond donors (Lipinski definition) is 1. The molecule has 124 valence electrons. The topological polar surface area (TPSA) is 67.6 Å². The molecule has 1 N–H and O–H groups in total. The van der Waals surface area contributed by atoms with Gasteiger partial charge < -0.3 is 19.4 Å². The van der Waals surface area contributed by atoms with Crippen molar-refractivity contribution < 1.29 is 13.9 Å². The average Bonchev–Trinajstić information content (AvgIpc) is 2.94. The summed E-state index contributed by atoms with van der Waals surface area (Å²) in [4.78, 5) is 18.9. The molecule has 0 spiro atoms. The Morgan fingerprint density at radius 2 is 2.04 bits per heavy atom. The van der Waals surface area contributed by atoms with Crippen LogP contribution in [0.25, 0.3) is 11.0 Å². The summed E-state index contributed by atoms with van der Waals surface area (Å²) in [5, 5.41) is 3.75. The maximum Gasteiger partial charge on any atom is 0.291 e. The Hall–Kier alpha value is -2.86. The van der Waals surface area contributed by atoms with E-state index in [-0.39, 0.29) is 11.7 Å². The first-order valence-electron chi connectivity index (χ1n) is 7.55. The van der Waals surface area contributed by atoms with Crippen molar-refractivity contribution in [2.24, 2.45) is 0 Å². The van der Waals surface area contributed by atoms with E-state index in [1.165, 1.54) is 0 Å². The Morgan fingerprint density at radius 1 is 1.25 bits per heavy atom. The minimum Gasteiger partial charge on any atom is -0.451 e. The number of methoxy groups -OCH3 is 1. The highest BCUT2D eigenvalue weighted by atomic mass is 16.5. The smallest absolute Gasteiger partial charge is 0.291 e. The van der Waals surface area contributed by atoms with Gasteiger partial charge in [0.15, 0.2) is 11.6 Å². The maximum atomic E-state index is 12.7. The van der Waals surface area contributed by atoms with Gasteiger partial charge in [-0.05, 0) is 18.2 Å². The zero-order valence-corrected chi connectivity index (χ0v) is 13.9. The number of fused-ring (bicyclic) bond motifs is 1. The molecule has 0 bridgehead atoms. The SMILES string of the molecule is COCc1c(C(=O)Nc2cccnc2N(C)C)oc2ccccc12. The minimum atomic E-state index is -0.325. The van der Waals surface area contributed by atoms with Gasteiger partial charge in [-0.25, -0.2) is 4.98 Å². The summed E-state index contributed by atoms with van der Waals surface area (Å²) in [5.41, 5.74) is 2.02. The van der Waals surface area contributed by atoms with E-state index in [1.807, 2.05) is 43.3 Å². The predicted octanol–water partition coefficient (Wildman–Crippen LogP) is 3.29. The zero-order chi connectivity index (χ0) is 17.1. The van der Waals surface area contributed by atoms with Gasteiger partial charge >= 0.3 is 0 Å². The summed E-state index contributed by atoms with van der Waals surface area (Å²) >= 11 is 0. The van der Waals surface area contributed by atoms with Crippen LogP contribution in [0, 0.1) is 0 Å². The number of pyridine rings is 1. The van der Waals surface area contributed by atoms with Gasteiger partial charge in [-0.15, -0.1) is 0 Å². The second-order valence-corrected chi connectivity index (χ2v) is 5.56. The summed E-state index contributed by atoms with van der Waals surface area (Å²) in [6.45, 7) is 0.299. The van der Waals surface area contributed by atoms with Gasteiger partial charge in [-0.1, -0.05) is 18.2 Å². The first-order valence-corrected chi connectivity index (χ1v) is 7.55. The molecule has 0 saturated heterocycles. The highest BCUT2D eigenvalue weighted by molar-refractivity contribution is 6.07.